The molecule has 1 unspecified atom stereocenters. The number of amides is 3. The molecule has 3 amide bonds. The van der Waals surface area contributed by atoms with Crippen LogP contribution in [0, 0.1) is 5.92 Å². The van der Waals surface area contributed by atoms with Gasteiger partial charge in [-0.2, -0.15) is 0 Å². The quantitative estimate of drug-likeness (QED) is 0.612. The van der Waals surface area contributed by atoms with E-state index in [1.54, 1.807) is 4.90 Å². The van der Waals surface area contributed by atoms with Crippen LogP contribution in [0.4, 0.5) is 0 Å². The van der Waals surface area contributed by atoms with Gasteiger partial charge in [-0.15, -0.1) is 0 Å². The maximum atomic E-state index is 12.8. The first-order valence-electron chi connectivity index (χ1n) is 11.6. The van der Waals surface area contributed by atoms with Gasteiger partial charge in [-0.1, -0.05) is 36.4 Å². The van der Waals surface area contributed by atoms with Gasteiger partial charge in [0.05, 0.1) is 0 Å². The molecular weight excluding hydrogens is 416 g/mol. The maximum Gasteiger partial charge on any atom is 0.267 e. The number of aromatic nitrogens is 1. The van der Waals surface area contributed by atoms with E-state index < -0.39 is 0 Å². The number of carbonyl (C=O) groups is 3. The second-order valence-corrected chi connectivity index (χ2v) is 8.96. The molecule has 7 heteroatoms. The summed E-state index contributed by atoms with van der Waals surface area (Å²) in [4.78, 5) is 44.7. The van der Waals surface area contributed by atoms with Crippen molar-refractivity contribution >= 4 is 28.6 Å². The van der Waals surface area contributed by atoms with Crippen LogP contribution in [0.5, 0.6) is 0 Å². The molecule has 33 heavy (non-hydrogen) atoms. The van der Waals surface area contributed by atoms with Crippen molar-refractivity contribution in [2.24, 2.45) is 5.92 Å². The summed E-state index contributed by atoms with van der Waals surface area (Å²) in [5, 5.41) is 4.03. The lowest BCUT2D eigenvalue weighted by molar-refractivity contribution is -0.133. The van der Waals surface area contributed by atoms with E-state index in [0.717, 1.165) is 41.4 Å². The Labute approximate surface area is 192 Å². The molecule has 5 rings (SSSR count). The molecule has 2 aliphatic rings. The molecule has 1 fully saturated rings. The zero-order chi connectivity index (χ0) is 22.8. The third kappa shape index (κ3) is 4.49. The van der Waals surface area contributed by atoms with E-state index in [2.05, 4.69) is 10.3 Å². The summed E-state index contributed by atoms with van der Waals surface area (Å²) >= 11 is 0. The SMILES string of the molecule is O=C(NCC1CCCN(C(=O)CCN2Cc3ccccc3C2=O)C1)c1cc2ccccc2[nH]1. The van der Waals surface area contributed by atoms with Crippen molar-refractivity contribution in [3.63, 3.8) is 0 Å². The zero-order valence-corrected chi connectivity index (χ0v) is 18.5. The lowest BCUT2D eigenvalue weighted by Gasteiger charge is -2.33. The fourth-order valence-electron chi connectivity index (χ4n) is 4.87. The molecule has 3 heterocycles. The van der Waals surface area contributed by atoms with Crippen molar-refractivity contribution in [1.82, 2.24) is 20.1 Å². The van der Waals surface area contributed by atoms with Crippen LogP contribution in [-0.2, 0) is 11.3 Å². The number of hydrogen-bond acceptors (Lipinski definition) is 3. The van der Waals surface area contributed by atoms with Gasteiger partial charge in [0, 0.05) is 55.6 Å². The molecule has 1 saturated heterocycles. The van der Waals surface area contributed by atoms with E-state index >= 15 is 0 Å². The van der Waals surface area contributed by atoms with Crippen molar-refractivity contribution in [1.29, 1.82) is 0 Å². The van der Waals surface area contributed by atoms with Crippen LogP contribution < -0.4 is 5.32 Å². The molecule has 0 radical (unpaired) electrons. The molecule has 3 aromatic rings. The van der Waals surface area contributed by atoms with E-state index in [4.69, 9.17) is 0 Å². The van der Waals surface area contributed by atoms with Gasteiger partial charge >= 0.3 is 0 Å². The summed E-state index contributed by atoms with van der Waals surface area (Å²) in [6.45, 7) is 2.92. The first-order chi connectivity index (χ1) is 16.1. The van der Waals surface area contributed by atoms with Gasteiger partial charge in [0.2, 0.25) is 5.91 Å². The molecule has 7 nitrogen and oxygen atoms in total. The number of likely N-dealkylation sites (tertiary alicyclic amines) is 1. The van der Waals surface area contributed by atoms with Gasteiger partial charge < -0.3 is 20.1 Å². The molecular formula is C26H28N4O3. The highest BCUT2D eigenvalue weighted by Crippen LogP contribution is 2.23. The standard InChI is InChI=1S/C26H28N4O3/c31-24(11-13-30-17-20-8-1-3-9-21(20)26(30)33)29-12-5-6-18(16-29)15-27-25(32)23-14-19-7-2-4-10-22(19)28-23/h1-4,7-10,14,18,28H,5-6,11-13,15-17H2,(H,27,32). The Bertz CT molecular complexity index is 1170. The van der Waals surface area contributed by atoms with E-state index in [1.807, 2.05) is 59.5 Å². The monoisotopic (exact) mass is 444 g/mol. The van der Waals surface area contributed by atoms with Crippen molar-refractivity contribution in [3.05, 3.63) is 71.4 Å². The van der Waals surface area contributed by atoms with Crippen LogP contribution in [0.1, 0.15) is 45.7 Å². The van der Waals surface area contributed by atoms with Crippen LogP contribution in [-0.4, -0.2) is 58.7 Å². The van der Waals surface area contributed by atoms with Gasteiger partial charge in [0.15, 0.2) is 0 Å². The number of hydrogen-bond donors (Lipinski definition) is 2. The minimum Gasteiger partial charge on any atom is -0.351 e. The largest absolute Gasteiger partial charge is 0.351 e. The second-order valence-electron chi connectivity index (χ2n) is 8.96. The fourth-order valence-corrected chi connectivity index (χ4v) is 4.87. The third-order valence-corrected chi connectivity index (χ3v) is 6.69. The van der Waals surface area contributed by atoms with Gasteiger partial charge in [0.25, 0.3) is 11.8 Å². The summed E-state index contributed by atoms with van der Waals surface area (Å²) in [6.07, 6.45) is 2.23. The molecule has 2 N–H and O–H groups in total. The molecule has 0 bridgehead atoms. The van der Waals surface area contributed by atoms with Gasteiger partial charge in [0.1, 0.15) is 5.69 Å². The van der Waals surface area contributed by atoms with Crippen molar-refractivity contribution in [2.75, 3.05) is 26.2 Å². The lowest BCUT2D eigenvalue weighted by Crippen LogP contribution is -2.44. The molecule has 0 saturated carbocycles. The minimum absolute atomic E-state index is 0.00890. The van der Waals surface area contributed by atoms with E-state index in [1.165, 1.54) is 0 Å². The maximum absolute atomic E-state index is 12.8. The van der Waals surface area contributed by atoms with E-state index in [0.29, 0.717) is 38.3 Å². The van der Waals surface area contributed by atoms with Crippen LogP contribution in [0.2, 0.25) is 0 Å². The number of benzene rings is 2. The Morgan fingerprint density at radius 2 is 1.91 bits per heavy atom. The highest BCUT2D eigenvalue weighted by atomic mass is 16.2. The summed E-state index contributed by atoms with van der Waals surface area (Å²) in [7, 11) is 0. The predicted octanol–water partition coefficient (Wildman–Crippen LogP) is 3.18. The van der Waals surface area contributed by atoms with E-state index in [9.17, 15) is 14.4 Å². The molecule has 2 aliphatic heterocycles. The number of para-hydroxylation sites is 1. The van der Waals surface area contributed by atoms with Crippen molar-refractivity contribution < 1.29 is 14.4 Å². The van der Waals surface area contributed by atoms with Crippen LogP contribution >= 0.6 is 0 Å². The lowest BCUT2D eigenvalue weighted by atomic mass is 9.97. The predicted molar refractivity (Wildman–Crippen MR) is 126 cm³/mol. The Hall–Kier alpha value is -3.61. The number of fused-ring (bicyclic) bond motifs is 2. The smallest absolute Gasteiger partial charge is 0.267 e. The number of nitrogens with zero attached hydrogens (tertiary/aromatic N) is 2. The van der Waals surface area contributed by atoms with E-state index in [-0.39, 0.29) is 23.6 Å². The Balaban J connectivity index is 1.10. The highest BCUT2D eigenvalue weighted by Gasteiger charge is 2.29. The third-order valence-electron chi connectivity index (χ3n) is 6.69. The number of nitrogens with one attached hydrogen (secondary N) is 2. The van der Waals surface area contributed by atoms with Gasteiger partial charge in [-0.25, -0.2) is 0 Å². The van der Waals surface area contributed by atoms with Crippen molar-refractivity contribution in [2.45, 2.75) is 25.8 Å². The summed E-state index contributed by atoms with van der Waals surface area (Å²) < 4.78 is 0. The number of H-pyrrole nitrogens is 1. The topological polar surface area (TPSA) is 85.5 Å². The molecule has 1 atom stereocenters. The van der Waals surface area contributed by atoms with Crippen LogP contribution in [0.3, 0.4) is 0 Å². The Kier molecular flexibility index (Phi) is 5.86. The van der Waals surface area contributed by atoms with Crippen LogP contribution in [0.15, 0.2) is 54.6 Å². The average Bonchev–Trinajstić information content (AvgIpc) is 3.42. The average molecular weight is 445 g/mol. The summed E-state index contributed by atoms with van der Waals surface area (Å²) in [5.41, 5.74) is 3.26. The Morgan fingerprint density at radius 1 is 1.09 bits per heavy atom. The summed E-state index contributed by atoms with van der Waals surface area (Å²) in [5.74, 6) is 0.190. The molecule has 0 spiro atoms. The number of aromatic amines is 1. The number of rotatable bonds is 6. The molecule has 1 aromatic heterocycles. The molecule has 170 valence electrons. The summed E-state index contributed by atoms with van der Waals surface area (Å²) in [6, 6.07) is 17.3. The van der Waals surface area contributed by atoms with Gasteiger partial charge in [-0.3, -0.25) is 14.4 Å². The van der Waals surface area contributed by atoms with Crippen molar-refractivity contribution in [3.8, 4) is 0 Å². The number of carbonyl (C=O) groups excluding carboxylic acids is 3. The highest BCUT2D eigenvalue weighted by molar-refractivity contribution is 5.99. The van der Waals surface area contributed by atoms with Gasteiger partial charge in [-0.05, 0) is 42.5 Å². The number of piperidine rings is 1. The normalized spacial score (nSPS) is 17.9. The first-order valence-corrected chi connectivity index (χ1v) is 11.6. The molecule has 0 aliphatic carbocycles. The zero-order valence-electron chi connectivity index (χ0n) is 18.5. The second kappa shape index (κ2) is 9.10. The minimum atomic E-state index is -0.123. The first kappa shape index (κ1) is 21.2. The fraction of sp³-hybridized carbons (Fsp3) is 0.346. The Morgan fingerprint density at radius 3 is 2.76 bits per heavy atom. The van der Waals surface area contributed by atoms with Crippen LogP contribution in [0.25, 0.3) is 10.9 Å². The molecule has 2 aromatic carbocycles.